The molecule has 0 fully saturated rings. The first-order valence-electron chi connectivity index (χ1n) is 5.96. The number of aromatic nitrogens is 1. The summed E-state index contributed by atoms with van der Waals surface area (Å²) in [4.78, 5) is 4.06. The lowest BCUT2D eigenvalue weighted by Crippen LogP contribution is -2.10. The molecule has 0 radical (unpaired) electrons. The molecule has 2 nitrogen and oxygen atoms in total. The molecule has 0 bridgehead atoms. The smallest absolute Gasteiger partial charge is 0.0873 e. The molecular formula is C15H17NO. The molecule has 0 aliphatic heterocycles. The number of benzene rings is 1. The largest absolute Gasteiger partial charge is 0.388 e. The van der Waals surface area contributed by atoms with Crippen LogP contribution in [0.2, 0.25) is 0 Å². The lowest BCUT2D eigenvalue weighted by molar-refractivity contribution is 0.142. The van der Waals surface area contributed by atoms with Crippen molar-refractivity contribution >= 4 is 0 Å². The van der Waals surface area contributed by atoms with E-state index in [-0.39, 0.29) is 5.92 Å². The minimum atomic E-state index is -0.490. The average Bonchev–Trinajstić information content (AvgIpc) is 2.42. The molecule has 0 aliphatic rings. The quantitative estimate of drug-likeness (QED) is 0.869. The second-order valence-corrected chi connectivity index (χ2v) is 4.16. The third kappa shape index (κ3) is 2.71. The summed E-state index contributed by atoms with van der Waals surface area (Å²) in [7, 11) is 0. The Morgan fingerprint density at radius 2 is 1.76 bits per heavy atom. The zero-order valence-corrected chi connectivity index (χ0v) is 9.95. The van der Waals surface area contributed by atoms with Gasteiger partial charge in [0.15, 0.2) is 0 Å². The van der Waals surface area contributed by atoms with E-state index in [9.17, 15) is 5.11 Å². The molecule has 17 heavy (non-hydrogen) atoms. The van der Waals surface area contributed by atoms with Gasteiger partial charge >= 0.3 is 0 Å². The van der Waals surface area contributed by atoms with Crippen molar-refractivity contribution in [3.05, 3.63) is 66.0 Å². The van der Waals surface area contributed by atoms with Crippen LogP contribution in [-0.2, 0) is 0 Å². The molecule has 2 aromatic rings. The first-order chi connectivity index (χ1) is 8.33. The monoisotopic (exact) mass is 227 g/mol. The highest BCUT2D eigenvalue weighted by Crippen LogP contribution is 2.32. The van der Waals surface area contributed by atoms with Gasteiger partial charge in [0.05, 0.1) is 6.10 Å². The molecule has 1 heterocycles. The van der Waals surface area contributed by atoms with Crippen LogP contribution in [0.1, 0.15) is 36.5 Å². The maximum absolute atomic E-state index is 10.4. The Balaban J connectivity index is 2.25. The van der Waals surface area contributed by atoms with Crippen molar-refractivity contribution in [1.82, 2.24) is 4.98 Å². The van der Waals surface area contributed by atoms with Gasteiger partial charge in [-0.15, -0.1) is 0 Å². The lowest BCUT2D eigenvalue weighted by Gasteiger charge is -2.22. The summed E-state index contributed by atoms with van der Waals surface area (Å²) in [6, 6.07) is 13.9. The highest BCUT2D eigenvalue weighted by molar-refractivity contribution is 5.24. The Hall–Kier alpha value is -1.67. The van der Waals surface area contributed by atoms with Crippen LogP contribution in [-0.4, -0.2) is 10.1 Å². The standard InChI is InChI=1S/C15H17NO/c1-2-14(12-7-4-3-5-8-12)15(17)13-9-6-10-16-11-13/h3-11,14-15,17H,2H2,1H3. The van der Waals surface area contributed by atoms with Gasteiger partial charge in [-0.2, -0.15) is 0 Å². The summed E-state index contributed by atoms with van der Waals surface area (Å²) >= 11 is 0. The summed E-state index contributed by atoms with van der Waals surface area (Å²) in [5.74, 6) is 0.125. The van der Waals surface area contributed by atoms with Gasteiger partial charge in [0.1, 0.15) is 0 Å². The fourth-order valence-corrected chi connectivity index (χ4v) is 2.12. The number of rotatable bonds is 4. The molecule has 0 amide bonds. The van der Waals surface area contributed by atoms with E-state index in [1.807, 2.05) is 30.3 Å². The van der Waals surface area contributed by atoms with E-state index in [4.69, 9.17) is 0 Å². The maximum atomic E-state index is 10.4. The van der Waals surface area contributed by atoms with E-state index in [2.05, 4.69) is 24.0 Å². The van der Waals surface area contributed by atoms with Gasteiger partial charge in [0.2, 0.25) is 0 Å². The molecule has 1 N–H and O–H groups in total. The maximum Gasteiger partial charge on any atom is 0.0873 e. The van der Waals surface area contributed by atoms with Gasteiger partial charge in [-0.3, -0.25) is 4.98 Å². The second-order valence-electron chi connectivity index (χ2n) is 4.16. The zero-order valence-electron chi connectivity index (χ0n) is 9.95. The molecule has 2 atom stereocenters. The SMILES string of the molecule is CCC(c1ccccc1)C(O)c1cccnc1. The minimum Gasteiger partial charge on any atom is -0.388 e. The molecule has 2 rings (SSSR count). The van der Waals surface area contributed by atoms with Crippen LogP contribution in [0.4, 0.5) is 0 Å². The van der Waals surface area contributed by atoms with Gasteiger partial charge in [0.25, 0.3) is 0 Å². The molecule has 1 aromatic heterocycles. The Bertz CT molecular complexity index is 441. The van der Waals surface area contributed by atoms with Crippen molar-refractivity contribution in [3.8, 4) is 0 Å². The van der Waals surface area contributed by atoms with E-state index in [1.54, 1.807) is 12.4 Å². The summed E-state index contributed by atoms with van der Waals surface area (Å²) < 4.78 is 0. The van der Waals surface area contributed by atoms with Gasteiger partial charge in [-0.1, -0.05) is 43.3 Å². The Labute approximate surface area is 102 Å². The number of aliphatic hydroxyl groups excluding tert-OH is 1. The third-order valence-corrected chi connectivity index (χ3v) is 3.07. The van der Waals surface area contributed by atoms with Crippen molar-refractivity contribution in [2.45, 2.75) is 25.4 Å². The van der Waals surface area contributed by atoms with Gasteiger partial charge in [-0.05, 0) is 23.6 Å². The summed E-state index contributed by atoms with van der Waals surface area (Å²) in [6.45, 7) is 2.09. The van der Waals surface area contributed by atoms with Crippen LogP contribution in [0.15, 0.2) is 54.9 Å². The van der Waals surface area contributed by atoms with E-state index in [0.29, 0.717) is 0 Å². The fraction of sp³-hybridized carbons (Fsp3) is 0.267. The van der Waals surface area contributed by atoms with Crippen molar-refractivity contribution in [1.29, 1.82) is 0 Å². The van der Waals surface area contributed by atoms with Crippen molar-refractivity contribution in [3.63, 3.8) is 0 Å². The van der Waals surface area contributed by atoms with E-state index in [1.165, 1.54) is 5.56 Å². The number of nitrogens with zero attached hydrogens (tertiary/aromatic N) is 1. The molecule has 0 spiro atoms. The number of aliphatic hydroxyl groups is 1. The predicted octanol–water partition coefficient (Wildman–Crippen LogP) is 3.31. The van der Waals surface area contributed by atoms with Crippen molar-refractivity contribution < 1.29 is 5.11 Å². The summed E-state index contributed by atoms with van der Waals surface area (Å²) in [6.07, 6.45) is 3.87. The topological polar surface area (TPSA) is 33.1 Å². The van der Waals surface area contributed by atoms with Crippen LogP contribution < -0.4 is 0 Å². The molecule has 88 valence electrons. The van der Waals surface area contributed by atoms with Crippen molar-refractivity contribution in [2.24, 2.45) is 0 Å². The Kier molecular flexibility index (Phi) is 3.89. The highest BCUT2D eigenvalue weighted by atomic mass is 16.3. The normalized spacial score (nSPS) is 14.2. The van der Waals surface area contributed by atoms with Crippen LogP contribution in [0.3, 0.4) is 0 Å². The summed E-state index contributed by atoms with van der Waals surface area (Å²) in [5, 5.41) is 10.4. The number of pyridine rings is 1. The first kappa shape index (κ1) is 11.8. The van der Waals surface area contributed by atoms with Crippen LogP contribution in [0.5, 0.6) is 0 Å². The minimum absolute atomic E-state index is 0.125. The molecular weight excluding hydrogens is 210 g/mol. The van der Waals surface area contributed by atoms with E-state index in [0.717, 1.165) is 12.0 Å². The molecule has 2 heteroatoms. The number of hydrogen-bond donors (Lipinski definition) is 1. The zero-order chi connectivity index (χ0) is 12.1. The first-order valence-corrected chi connectivity index (χ1v) is 5.96. The third-order valence-electron chi connectivity index (χ3n) is 3.07. The Morgan fingerprint density at radius 1 is 1.06 bits per heavy atom. The molecule has 1 aromatic carbocycles. The van der Waals surface area contributed by atoms with Crippen molar-refractivity contribution in [2.75, 3.05) is 0 Å². The second kappa shape index (κ2) is 5.60. The predicted molar refractivity (Wildman–Crippen MR) is 68.7 cm³/mol. The van der Waals surface area contributed by atoms with Crippen LogP contribution >= 0.6 is 0 Å². The van der Waals surface area contributed by atoms with Gasteiger partial charge < -0.3 is 5.11 Å². The van der Waals surface area contributed by atoms with Gasteiger partial charge in [-0.25, -0.2) is 0 Å². The molecule has 0 aliphatic carbocycles. The lowest BCUT2D eigenvalue weighted by atomic mass is 9.88. The highest BCUT2D eigenvalue weighted by Gasteiger charge is 2.20. The molecule has 0 saturated carbocycles. The van der Waals surface area contributed by atoms with Crippen LogP contribution in [0.25, 0.3) is 0 Å². The number of hydrogen-bond acceptors (Lipinski definition) is 2. The average molecular weight is 227 g/mol. The van der Waals surface area contributed by atoms with E-state index < -0.39 is 6.10 Å². The van der Waals surface area contributed by atoms with Gasteiger partial charge in [0, 0.05) is 18.3 Å². The Morgan fingerprint density at radius 3 is 2.35 bits per heavy atom. The molecule has 2 unspecified atom stereocenters. The molecule has 0 saturated heterocycles. The summed E-state index contributed by atoms with van der Waals surface area (Å²) in [5.41, 5.74) is 2.05. The van der Waals surface area contributed by atoms with Crippen LogP contribution in [0, 0.1) is 0 Å². The van der Waals surface area contributed by atoms with E-state index >= 15 is 0 Å². The fourth-order valence-electron chi connectivity index (χ4n) is 2.12.